The average molecular weight is 240 g/mol. The largest absolute Gasteiger partial charge is 0.332 e. The molecule has 2 rings (SSSR count). The second kappa shape index (κ2) is 3.10. The molecule has 0 saturated heterocycles. The Morgan fingerprint density at radius 3 is 2.92 bits per heavy atom. The highest BCUT2D eigenvalue weighted by Gasteiger charge is 2.09. The van der Waals surface area contributed by atoms with E-state index in [1.54, 1.807) is 0 Å². The molecule has 3 nitrogen and oxygen atoms in total. The Bertz CT molecular complexity index is 433. The molecule has 2 heterocycles. The maximum absolute atomic E-state index is 4.33. The molecule has 0 aliphatic rings. The van der Waals surface area contributed by atoms with Gasteiger partial charge in [0.2, 0.25) is 0 Å². The second-order valence-electron chi connectivity index (χ2n) is 3.27. The zero-order valence-electron chi connectivity index (χ0n) is 7.50. The fraction of sp³-hybridized carbons (Fsp3) is 0.333. The maximum atomic E-state index is 4.33. The Morgan fingerprint density at radius 1 is 1.46 bits per heavy atom. The summed E-state index contributed by atoms with van der Waals surface area (Å²) in [6.45, 7) is 4.23. The van der Waals surface area contributed by atoms with Crippen LogP contribution >= 0.6 is 15.9 Å². The van der Waals surface area contributed by atoms with E-state index in [1.807, 2.05) is 12.3 Å². The molecule has 2 aromatic rings. The molecular weight excluding hydrogens is 230 g/mol. The quantitative estimate of drug-likeness (QED) is 0.832. The fourth-order valence-corrected chi connectivity index (χ4v) is 1.74. The molecule has 0 saturated carbocycles. The van der Waals surface area contributed by atoms with Gasteiger partial charge in [-0.15, -0.1) is 0 Å². The fourth-order valence-electron chi connectivity index (χ4n) is 1.35. The lowest BCUT2D eigenvalue weighted by atomic mass is 10.1. The molecule has 0 fully saturated rings. The Balaban J connectivity index is 2.75. The third-order valence-corrected chi connectivity index (χ3v) is 2.32. The number of H-pyrrole nitrogens is 1. The molecule has 1 N–H and O–H groups in total. The van der Waals surface area contributed by atoms with Crippen LogP contribution in [0.2, 0.25) is 0 Å². The first-order valence-corrected chi connectivity index (χ1v) is 4.98. The Kier molecular flexibility index (Phi) is 2.07. The summed E-state index contributed by atoms with van der Waals surface area (Å²) in [5.41, 5.74) is 3.04. The van der Waals surface area contributed by atoms with Crippen molar-refractivity contribution < 1.29 is 0 Å². The van der Waals surface area contributed by atoms with E-state index >= 15 is 0 Å². The molecule has 0 radical (unpaired) electrons. The SMILES string of the molecule is CC(C)c1nccc2[nH]c(Br)nc12. The number of nitrogens with one attached hydrogen (secondary N) is 1. The number of hydrogen-bond acceptors (Lipinski definition) is 2. The van der Waals surface area contributed by atoms with Gasteiger partial charge in [-0.25, -0.2) is 4.98 Å². The van der Waals surface area contributed by atoms with Gasteiger partial charge in [-0.3, -0.25) is 4.98 Å². The van der Waals surface area contributed by atoms with Gasteiger partial charge in [0.15, 0.2) is 4.73 Å². The van der Waals surface area contributed by atoms with Gasteiger partial charge in [0.05, 0.1) is 11.2 Å². The summed E-state index contributed by atoms with van der Waals surface area (Å²) in [5.74, 6) is 0.402. The van der Waals surface area contributed by atoms with Crippen molar-refractivity contribution in [3.63, 3.8) is 0 Å². The van der Waals surface area contributed by atoms with Gasteiger partial charge in [-0.2, -0.15) is 0 Å². The predicted octanol–water partition coefficient (Wildman–Crippen LogP) is 2.84. The van der Waals surface area contributed by atoms with Crippen molar-refractivity contribution in [2.75, 3.05) is 0 Å². The van der Waals surface area contributed by atoms with Crippen LogP contribution in [0.3, 0.4) is 0 Å². The first kappa shape index (κ1) is 8.69. The standard InChI is InChI=1S/C9H10BrN3/c1-5(2)7-8-6(3-4-11-7)12-9(10)13-8/h3-5H,1-2H3,(H,12,13). The first-order valence-electron chi connectivity index (χ1n) is 4.18. The van der Waals surface area contributed by atoms with Crippen LogP contribution in [-0.2, 0) is 0 Å². The Labute approximate surface area is 84.7 Å². The number of rotatable bonds is 1. The summed E-state index contributed by atoms with van der Waals surface area (Å²) in [5, 5.41) is 0. The minimum Gasteiger partial charge on any atom is -0.332 e. The van der Waals surface area contributed by atoms with Gasteiger partial charge in [-0.1, -0.05) is 13.8 Å². The number of aromatic amines is 1. The van der Waals surface area contributed by atoms with Gasteiger partial charge < -0.3 is 4.98 Å². The van der Waals surface area contributed by atoms with Crippen molar-refractivity contribution in [2.45, 2.75) is 19.8 Å². The van der Waals surface area contributed by atoms with Crippen molar-refractivity contribution >= 4 is 27.0 Å². The number of nitrogens with zero attached hydrogens (tertiary/aromatic N) is 2. The smallest absolute Gasteiger partial charge is 0.175 e. The van der Waals surface area contributed by atoms with E-state index in [0.717, 1.165) is 21.5 Å². The van der Waals surface area contributed by atoms with E-state index in [-0.39, 0.29) is 0 Å². The minimum atomic E-state index is 0.402. The topological polar surface area (TPSA) is 41.6 Å². The van der Waals surface area contributed by atoms with Gasteiger partial charge in [0.1, 0.15) is 5.52 Å². The van der Waals surface area contributed by atoms with Gasteiger partial charge in [-0.05, 0) is 27.9 Å². The summed E-state index contributed by atoms with van der Waals surface area (Å²) in [4.78, 5) is 11.8. The van der Waals surface area contributed by atoms with E-state index in [9.17, 15) is 0 Å². The molecule has 4 heteroatoms. The zero-order chi connectivity index (χ0) is 9.42. The third-order valence-electron chi connectivity index (χ3n) is 1.95. The highest BCUT2D eigenvalue weighted by atomic mass is 79.9. The number of hydrogen-bond donors (Lipinski definition) is 1. The monoisotopic (exact) mass is 239 g/mol. The summed E-state index contributed by atoms with van der Waals surface area (Å²) < 4.78 is 0.761. The Hall–Kier alpha value is -0.900. The predicted molar refractivity (Wildman–Crippen MR) is 55.7 cm³/mol. The molecule has 0 atom stereocenters. The lowest BCUT2D eigenvalue weighted by molar-refractivity contribution is 0.831. The summed E-state index contributed by atoms with van der Waals surface area (Å²) in [7, 11) is 0. The molecule has 0 unspecified atom stereocenters. The van der Waals surface area contributed by atoms with Crippen LogP contribution in [0, 0.1) is 0 Å². The van der Waals surface area contributed by atoms with Crippen LogP contribution in [0.4, 0.5) is 0 Å². The summed E-state index contributed by atoms with van der Waals surface area (Å²) >= 11 is 3.31. The lowest BCUT2D eigenvalue weighted by Gasteiger charge is -2.03. The molecule has 0 aliphatic heterocycles. The normalized spacial score (nSPS) is 11.4. The highest BCUT2D eigenvalue weighted by molar-refractivity contribution is 9.10. The summed E-state index contributed by atoms with van der Waals surface area (Å²) in [6, 6.07) is 1.93. The van der Waals surface area contributed by atoms with E-state index in [4.69, 9.17) is 0 Å². The summed E-state index contributed by atoms with van der Waals surface area (Å²) in [6.07, 6.45) is 1.81. The van der Waals surface area contributed by atoms with E-state index < -0.39 is 0 Å². The number of fused-ring (bicyclic) bond motifs is 1. The average Bonchev–Trinajstić information content (AvgIpc) is 2.43. The van der Waals surface area contributed by atoms with Gasteiger partial charge >= 0.3 is 0 Å². The second-order valence-corrected chi connectivity index (χ2v) is 4.03. The van der Waals surface area contributed by atoms with Crippen LogP contribution in [0.25, 0.3) is 11.0 Å². The molecule has 0 spiro atoms. The number of aromatic nitrogens is 3. The molecule has 0 aliphatic carbocycles. The van der Waals surface area contributed by atoms with E-state index in [0.29, 0.717) is 5.92 Å². The number of pyridine rings is 1. The van der Waals surface area contributed by atoms with Crippen molar-refractivity contribution in [1.82, 2.24) is 15.0 Å². The molecule has 13 heavy (non-hydrogen) atoms. The molecule has 68 valence electrons. The van der Waals surface area contributed by atoms with Crippen LogP contribution in [-0.4, -0.2) is 15.0 Å². The third kappa shape index (κ3) is 1.46. The molecule has 0 aromatic carbocycles. The molecule has 2 aromatic heterocycles. The molecule has 0 bridgehead atoms. The highest BCUT2D eigenvalue weighted by Crippen LogP contribution is 2.22. The zero-order valence-corrected chi connectivity index (χ0v) is 9.09. The minimum absolute atomic E-state index is 0.402. The van der Waals surface area contributed by atoms with Crippen LogP contribution in [0.15, 0.2) is 17.0 Å². The first-order chi connectivity index (χ1) is 6.18. The van der Waals surface area contributed by atoms with Crippen LogP contribution < -0.4 is 0 Å². The number of halogens is 1. The van der Waals surface area contributed by atoms with Crippen molar-refractivity contribution in [3.05, 3.63) is 22.7 Å². The Morgan fingerprint density at radius 2 is 2.23 bits per heavy atom. The van der Waals surface area contributed by atoms with Crippen molar-refractivity contribution in [2.24, 2.45) is 0 Å². The van der Waals surface area contributed by atoms with Crippen LogP contribution in [0.5, 0.6) is 0 Å². The van der Waals surface area contributed by atoms with Crippen molar-refractivity contribution in [3.8, 4) is 0 Å². The van der Waals surface area contributed by atoms with Crippen LogP contribution in [0.1, 0.15) is 25.5 Å². The lowest BCUT2D eigenvalue weighted by Crippen LogP contribution is -1.92. The number of imidazole rings is 1. The van der Waals surface area contributed by atoms with Gasteiger partial charge in [0, 0.05) is 6.20 Å². The van der Waals surface area contributed by atoms with E-state index in [2.05, 4.69) is 44.7 Å². The maximum Gasteiger partial charge on any atom is 0.175 e. The van der Waals surface area contributed by atoms with E-state index in [1.165, 1.54) is 0 Å². The van der Waals surface area contributed by atoms with Gasteiger partial charge in [0.25, 0.3) is 0 Å². The molecular formula is C9H10BrN3. The molecule has 0 amide bonds. The van der Waals surface area contributed by atoms with Crippen molar-refractivity contribution in [1.29, 1.82) is 0 Å².